The first kappa shape index (κ1) is 21.1. The highest BCUT2D eigenvalue weighted by atomic mass is 32.2. The number of hydrogen-bond donors (Lipinski definition) is 1. The molecule has 1 saturated carbocycles. The lowest BCUT2D eigenvalue weighted by Crippen LogP contribution is -2.32. The Bertz CT molecular complexity index is 1170. The Labute approximate surface area is 183 Å². The third-order valence-corrected chi connectivity index (χ3v) is 7.80. The summed E-state index contributed by atoms with van der Waals surface area (Å²) in [7, 11) is -2.15. The van der Waals surface area contributed by atoms with Crippen LogP contribution in [0.1, 0.15) is 34.3 Å². The third kappa shape index (κ3) is 4.35. The van der Waals surface area contributed by atoms with E-state index < -0.39 is 10.0 Å². The van der Waals surface area contributed by atoms with Gasteiger partial charge in [0.25, 0.3) is 15.9 Å². The summed E-state index contributed by atoms with van der Waals surface area (Å²) in [6.07, 6.45) is 2.13. The van der Waals surface area contributed by atoms with Crippen molar-refractivity contribution in [3.05, 3.63) is 95.6 Å². The Morgan fingerprint density at radius 3 is 2.13 bits per heavy atom. The number of anilines is 1. The van der Waals surface area contributed by atoms with Gasteiger partial charge >= 0.3 is 0 Å². The lowest BCUT2D eigenvalue weighted by Gasteiger charge is -2.20. The van der Waals surface area contributed by atoms with Crippen LogP contribution in [0, 0.1) is 6.92 Å². The zero-order chi connectivity index (χ0) is 22.1. The van der Waals surface area contributed by atoms with Crippen LogP contribution < -0.4 is 9.62 Å². The van der Waals surface area contributed by atoms with Crippen LogP contribution in [0.4, 0.5) is 5.69 Å². The normalized spacial score (nSPS) is 14.6. The monoisotopic (exact) mass is 434 g/mol. The van der Waals surface area contributed by atoms with Crippen LogP contribution in [0.3, 0.4) is 0 Å². The molecule has 0 bridgehead atoms. The molecular formula is C25H26N2O3S. The van der Waals surface area contributed by atoms with Gasteiger partial charge in [-0.25, -0.2) is 8.42 Å². The van der Waals surface area contributed by atoms with E-state index in [0.29, 0.717) is 17.8 Å². The van der Waals surface area contributed by atoms with Crippen LogP contribution in [0.2, 0.25) is 0 Å². The first-order chi connectivity index (χ1) is 14.8. The average molecular weight is 435 g/mol. The minimum atomic E-state index is -3.66. The van der Waals surface area contributed by atoms with Gasteiger partial charge in [-0.2, -0.15) is 0 Å². The highest BCUT2D eigenvalue weighted by Crippen LogP contribution is 2.47. The minimum absolute atomic E-state index is 0.0409. The SMILES string of the molecule is Cc1ccc(S(=O)(=O)N(C)c2ccc(C(=O)NCC3(c4ccccc4)CC3)cc2)cc1. The van der Waals surface area contributed by atoms with Gasteiger partial charge in [-0.3, -0.25) is 9.10 Å². The van der Waals surface area contributed by atoms with Crippen molar-refractivity contribution in [2.24, 2.45) is 0 Å². The fourth-order valence-electron chi connectivity index (χ4n) is 3.69. The van der Waals surface area contributed by atoms with Crippen LogP contribution in [-0.4, -0.2) is 27.9 Å². The lowest BCUT2D eigenvalue weighted by molar-refractivity contribution is 0.0949. The molecule has 3 aromatic carbocycles. The number of sulfonamides is 1. The molecule has 1 amide bonds. The van der Waals surface area contributed by atoms with Gasteiger partial charge in [0.05, 0.1) is 10.6 Å². The van der Waals surface area contributed by atoms with E-state index in [1.54, 1.807) is 48.5 Å². The second-order valence-electron chi connectivity index (χ2n) is 8.16. The maximum Gasteiger partial charge on any atom is 0.264 e. The molecule has 1 fully saturated rings. The number of amides is 1. The van der Waals surface area contributed by atoms with Crippen LogP contribution >= 0.6 is 0 Å². The molecule has 3 aromatic rings. The molecule has 1 aliphatic carbocycles. The number of rotatable bonds is 7. The number of nitrogens with zero attached hydrogens (tertiary/aromatic N) is 1. The average Bonchev–Trinajstić information content (AvgIpc) is 3.59. The maximum absolute atomic E-state index is 12.9. The fourth-order valence-corrected chi connectivity index (χ4v) is 4.89. The van der Waals surface area contributed by atoms with Gasteiger partial charge < -0.3 is 5.32 Å². The number of carbonyl (C=O) groups is 1. The molecule has 160 valence electrons. The van der Waals surface area contributed by atoms with E-state index in [1.165, 1.54) is 16.9 Å². The zero-order valence-corrected chi connectivity index (χ0v) is 18.5. The van der Waals surface area contributed by atoms with Gasteiger partial charge in [-0.05, 0) is 61.7 Å². The molecule has 0 spiro atoms. The van der Waals surface area contributed by atoms with E-state index in [1.807, 2.05) is 25.1 Å². The number of nitrogens with one attached hydrogen (secondary N) is 1. The molecule has 0 atom stereocenters. The quantitative estimate of drug-likeness (QED) is 0.604. The maximum atomic E-state index is 12.9. The van der Waals surface area contributed by atoms with Crippen LogP contribution in [0.25, 0.3) is 0 Å². The molecule has 5 nitrogen and oxygen atoms in total. The Kier molecular flexibility index (Phi) is 5.58. The molecule has 0 aromatic heterocycles. The van der Waals surface area contributed by atoms with Crippen molar-refractivity contribution in [3.63, 3.8) is 0 Å². The Morgan fingerprint density at radius 2 is 1.55 bits per heavy atom. The summed E-state index contributed by atoms with van der Waals surface area (Å²) in [5, 5.41) is 3.04. The predicted molar refractivity (Wildman–Crippen MR) is 123 cm³/mol. The second-order valence-corrected chi connectivity index (χ2v) is 10.1. The van der Waals surface area contributed by atoms with Gasteiger partial charge in [0.1, 0.15) is 0 Å². The fraction of sp³-hybridized carbons (Fsp3) is 0.240. The lowest BCUT2D eigenvalue weighted by atomic mass is 9.96. The van der Waals surface area contributed by atoms with Crippen LogP contribution in [-0.2, 0) is 15.4 Å². The number of benzene rings is 3. The predicted octanol–water partition coefficient (Wildman–Crippen LogP) is 4.28. The largest absolute Gasteiger partial charge is 0.351 e. The van der Waals surface area contributed by atoms with Crippen molar-refractivity contribution in [2.45, 2.75) is 30.1 Å². The highest BCUT2D eigenvalue weighted by Gasteiger charge is 2.44. The summed E-state index contributed by atoms with van der Waals surface area (Å²) >= 11 is 0. The van der Waals surface area contributed by atoms with E-state index in [0.717, 1.165) is 18.4 Å². The van der Waals surface area contributed by atoms with E-state index in [-0.39, 0.29) is 16.2 Å². The first-order valence-corrected chi connectivity index (χ1v) is 11.8. The Hall–Kier alpha value is -3.12. The molecule has 0 radical (unpaired) electrons. The van der Waals surface area contributed by atoms with E-state index >= 15 is 0 Å². The van der Waals surface area contributed by atoms with Gasteiger partial charge in [0.15, 0.2) is 0 Å². The first-order valence-electron chi connectivity index (χ1n) is 10.3. The molecule has 0 saturated heterocycles. The summed E-state index contributed by atoms with van der Waals surface area (Å²) in [4.78, 5) is 12.9. The van der Waals surface area contributed by atoms with Gasteiger partial charge in [0, 0.05) is 24.6 Å². The standard InChI is InChI=1S/C25H26N2O3S/c1-19-8-14-23(15-9-19)31(29,30)27(2)22-12-10-20(11-13-22)24(28)26-18-25(16-17-25)21-6-4-3-5-7-21/h3-15H,16-18H2,1-2H3,(H,26,28). The molecule has 4 rings (SSSR count). The molecule has 0 aliphatic heterocycles. The smallest absolute Gasteiger partial charge is 0.264 e. The number of aryl methyl sites for hydroxylation is 1. The van der Waals surface area contributed by atoms with E-state index in [2.05, 4.69) is 17.4 Å². The van der Waals surface area contributed by atoms with E-state index in [4.69, 9.17) is 0 Å². The summed E-state index contributed by atoms with van der Waals surface area (Å²) in [5.74, 6) is -0.155. The second kappa shape index (κ2) is 8.19. The number of hydrogen-bond acceptors (Lipinski definition) is 3. The summed E-state index contributed by atoms with van der Waals surface area (Å²) in [5.41, 5.74) is 3.30. The molecular weight excluding hydrogens is 408 g/mol. The molecule has 0 heterocycles. The highest BCUT2D eigenvalue weighted by molar-refractivity contribution is 7.92. The molecule has 6 heteroatoms. The van der Waals surface area contributed by atoms with Crippen LogP contribution in [0.5, 0.6) is 0 Å². The van der Waals surface area contributed by atoms with Gasteiger partial charge in [-0.15, -0.1) is 0 Å². The summed E-state index contributed by atoms with van der Waals surface area (Å²) in [6.45, 7) is 2.51. The van der Waals surface area contributed by atoms with Gasteiger partial charge in [-0.1, -0.05) is 48.0 Å². The van der Waals surface area contributed by atoms with Crippen molar-refractivity contribution in [3.8, 4) is 0 Å². The Morgan fingerprint density at radius 1 is 0.935 bits per heavy atom. The van der Waals surface area contributed by atoms with Gasteiger partial charge in [0.2, 0.25) is 0 Å². The van der Waals surface area contributed by atoms with Crippen molar-refractivity contribution in [1.29, 1.82) is 0 Å². The van der Waals surface area contributed by atoms with Crippen molar-refractivity contribution in [1.82, 2.24) is 5.32 Å². The molecule has 0 unspecified atom stereocenters. The molecule has 1 aliphatic rings. The van der Waals surface area contributed by atoms with E-state index in [9.17, 15) is 13.2 Å². The molecule has 1 N–H and O–H groups in total. The van der Waals surface area contributed by atoms with Crippen molar-refractivity contribution >= 4 is 21.6 Å². The molecule has 31 heavy (non-hydrogen) atoms. The Balaban J connectivity index is 1.43. The van der Waals surface area contributed by atoms with Crippen molar-refractivity contribution < 1.29 is 13.2 Å². The number of carbonyl (C=O) groups excluding carboxylic acids is 1. The minimum Gasteiger partial charge on any atom is -0.351 e. The summed E-state index contributed by atoms with van der Waals surface area (Å²) in [6, 6.07) is 23.6. The topological polar surface area (TPSA) is 66.5 Å². The third-order valence-electron chi connectivity index (χ3n) is 6.00. The van der Waals surface area contributed by atoms with Crippen LogP contribution in [0.15, 0.2) is 83.8 Å². The van der Waals surface area contributed by atoms with Crippen molar-refractivity contribution in [2.75, 3.05) is 17.9 Å². The zero-order valence-electron chi connectivity index (χ0n) is 17.7. The summed E-state index contributed by atoms with van der Waals surface area (Å²) < 4.78 is 27.0.